The fourth-order valence-electron chi connectivity index (χ4n) is 4.23. The van der Waals surface area contributed by atoms with Crippen molar-refractivity contribution in [3.05, 3.63) is 74.4 Å². The maximum Gasteiger partial charge on any atom is 0.329 e. The van der Waals surface area contributed by atoms with Crippen LogP contribution in [0.25, 0.3) is 21.9 Å². The van der Waals surface area contributed by atoms with Crippen LogP contribution in [0.2, 0.25) is 0 Å². The molecule has 0 amide bonds. The predicted molar refractivity (Wildman–Crippen MR) is 121 cm³/mol. The topological polar surface area (TPSA) is 75.2 Å². The summed E-state index contributed by atoms with van der Waals surface area (Å²) in [6.07, 6.45) is 0. The first-order valence-corrected chi connectivity index (χ1v) is 10.3. The van der Waals surface area contributed by atoms with Crippen molar-refractivity contribution in [2.45, 2.75) is 40.4 Å². The van der Waals surface area contributed by atoms with Gasteiger partial charge >= 0.3 is 5.69 Å². The minimum Gasteiger partial charge on any atom is -0.495 e. The van der Waals surface area contributed by atoms with Crippen LogP contribution in [0.3, 0.4) is 0 Å². The fraction of sp³-hybridized carbons (Fsp3) is 0.292. The molecule has 7 heteroatoms. The first-order valence-electron chi connectivity index (χ1n) is 10.3. The second-order valence-electron chi connectivity index (χ2n) is 7.51. The van der Waals surface area contributed by atoms with Crippen LogP contribution in [0.4, 0.5) is 0 Å². The number of fused-ring (bicyclic) bond motifs is 2. The first kappa shape index (κ1) is 20.7. The summed E-state index contributed by atoms with van der Waals surface area (Å²) in [5.74, 6) is 0.334. The highest BCUT2D eigenvalue weighted by Crippen LogP contribution is 2.26. The summed E-state index contributed by atoms with van der Waals surface area (Å²) in [5, 5.41) is 0.863. The molecule has 2 heterocycles. The van der Waals surface area contributed by atoms with E-state index in [0.29, 0.717) is 29.9 Å². The van der Waals surface area contributed by atoms with Gasteiger partial charge in [0.25, 0.3) is 5.56 Å². The van der Waals surface area contributed by atoms with E-state index in [1.165, 1.54) is 10.6 Å². The van der Waals surface area contributed by atoms with E-state index in [4.69, 9.17) is 4.74 Å². The van der Waals surface area contributed by atoms with Crippen molar-refractivity contribution >= 4 is 27.7 Å². The van der Waals surface area contributed by atoms with Crippen LogP contribution in [0.1, 0.15) is 29.8 Å². The van der Waals surface area contributed by atoms with Crippen LogP contribution < -0.4 is 16.0 Å². The summed E-state index contributed by atoms with van der Waals surface area (Å²) in [4.78, 5) is 38.6. The Labute approximate surface area is 179 Å². The number of benzene rings is 2. The van der Waals surface area contributed by atoms with Crippen molar-refractivity contribution in [1.82, 2.24) is 13.7 Å². The Morgan fingerprint density at radius 3 is 2.32 bits per heavy atom. The smallest absolute Gasteiger partial charge is 0.329 e. The van der Waals surface area contributed by atoms with Crippen LogP contribution in [0.5, 0.6) is 5.75 Å². The highest BCUT2D eigenvalue weighted by atomic mass is 16.5. The minimum absolute atomic E-state index is 0.0879. The number of rotatable bonds is 6. The molecular formula is C24H25N3O4. The van der Waals surface area contributed by atoms with Gasteiger partial charge in [0.2, 0.25) is 0 Å². The molecule has 0 fully saturated rings. The zero-order chi connectivity index (χ0) is 22.3. The second-order valence-corrected chi connectivity index (χ2v) is 7.51. The number of para-hydroxylation sites is 1. The van der Waals surface area contributed by atoms with Crippen molar-refractivity contribution in [3.8, 4) is 5.75 Å². The van der Waals surface area contributed by atoms with E-state index in [0.717, 1.165) is 22.0 Å². The third-order valence-corrected chi connectivity index (χ3v) is 5.79. The van der Waals surface area contributed by atoms with E-state index in [2.05, 4.69) is 0 Å². The third kappa shape index (κ3) is 3.26. The summed E-state index contributed by atoms with van der Waals surface area (Å²) in [5.41, 5.74) is 3.06. The highest BCUT2D eigenvalue weighted by Gasteiger charge is 2.17. The maximum absolute atomic E-state index is 13.2. The van der Waals surface area contributed by atoms with E-state index in [9.17, 15) is 14.4 Å². The number of methoxy groups -OCH3 is 1. The van der Waals surface area contributed by atoms with Crippen LogP contribution in [-0.2, 0) is 19.6 Å². The molecule has 4 aromatic rings. The molecule has 0 unspecified atom stereocenters. The normalized spacial score (nSPS) is 11.4. The number of Topliss-reactive ketones (excluding diaryl/α,β-unsaturated/α-hetero) is 1. The van der Waals surface area contributed by atoms with Gasteiger partial charge in [-0.05, 0) is 50.6 Å². The molecule has 31 heavy (non-hydrogen) atoms. The quantitative estimate of drug-likeness (QED) is 0.449. The number of ketones is 1. The summed E-state index contributed by atoms with van der Waals surface area (Å²) in [6, 6.07) is 12.3. The Morgan fingerprint density at radius 2 is 1.65 bits per heavy atom. The number of carbonyl (C=O) groups excluding carboxylic acids is 1. The highest BCUT2D eigenvalue weighted by molar-refractivity contribution is 6.00. The Bertz CT molecular complexity index is 1440. The molecule has 0 aliphatic carbocycles. The van der Waals surface area contributed by atoms with Crippen molar-refractivity contribution in [2.24, 2.45) is 0 Å². The van der Waals surface area contributed by atoms with Gasteiger partial charge in [-0.2, -0.15) is 0 Å². The number of aromatic nitrogens is 3. The standard InChI is InChI=1S/C24H25N3O4/c1-5-25-18-11-10-16(13-19(18)26(6-2)24(25)30)20(28)14-27-22(29)12-15(3)17-8-7-9-21(31-4)23(17)27/h7-13H,5-6,14H2,1-4H3. The molecule has 0 spiro atoms. The maximum atomic E-state index is 13.2. The van der Waals surface area contributed by atoms with Gasteiger partial charge in [0.15, 0.2) is 5.78 Å². The van der Waals surface area contributed by atoms with Crippen molar-refractivity contribution in [3.63, 3.8) is 0 Å². The number of hydrogen-bond acceptors (Lipinski definition) is 4. The van der Waals surface area contributed by atoms with Gasteiger partial charge in [0.1, 0.15) is 5.75 Å². The summed E-state index contributed by atoms with van der Waals surface area (Å²) in [6.45, 7) is 6.64. The summed E-state index contributed by atoms with van der Waals surface area (Å²) >= 11 is 0. The van der Waals surface area contributed by atoms with Gasteiger partial charge in [-0.3, -0.25) is 23.3 Å². The van der Waals surface area contributed by atoms with E-state index in [1.807, 2.05) is 32.9 Å². The molecule has 0 saturated carbocycles. The Kier molecular flexibility index (Phi) is 5.27. The monoisotopic (exact) mass is 419 g/mol. The molecule has 2 aromatic carbocycles. The lowest BCUT2D eigenvalue weighted by atomic mass is 10.1. The van der Waals surface area contributed by atoms with Crippen LogP contribution in [0.15, 0.2) is 52.1 Å². The molecular weight excluding hydrogens is 394 g/mol. The minimum atomic E-state index is -0.258. The molecule has 2 aromatic heterocycles. The average Bonchev–Trinajstić information content (AvgIpc) is 3.05. The predicted octanol–water partition coefficient (Wildman–Crippen LogP) is 3.36. The Balaban J connectivity index is 1.84. The number of imidazole rings is 1. The molecule has 0 aliphatic rings. The molecule has 0 aliphatic heterocycles. The van der Waals surface area contributed by atoms with Crippen molar-refractivity contribution in [2.75, 3.05) is 7.11 Å². The zero-order valence-corrected chi connectivity index (χ0v) is 18.1. The lowest BCUT2D eigenvalue weighted by Crippen LogP contribution is -2.25. The third-order valence-electron chi connectivity index (χ3n) is 5.79. The van der Waals surface area contributed by atoms with E-state index >= 15 is 0 Å². The lowest BCUT2D eigenvalue weighted by molar-refractivity contribution is 0.0972. The summed E-state index contributed by atoms with van der Waals surface area (Å²) in [7, 11) is 1.55. The zero-order valence-electron chi connectivity index (χ0n) is 18.1. The molecule has 4 rings (SSSR count). The lowest BCUT2D eigenvalue weighted by Gasteiger charge is -2.14. The first-order chi connectivity index (χ1) is 14.9. The van der Waals surface area contributed by atoms with E-state index < -0.39 is 0 Å². The van der Waals surface area contributed by atoms with Crippen LogP contribution in [-0.4, -0.2) is 26.6 Å². The average molecular weight is 419 g/mol. The van der Waals surface area contributed by atoms with E-state index in [1.54, 1.807) is 40.5 Å². The summed E-state index contributed by atoms with van der Waals surface area (Å²) < 4.78 is 10.3. The number of ether oxygens (including phenoxy) is 1. The van der Waals surface area contributed by atoms with Crippen molar-refractivity contribution in [1.29, 1.82) is 0 Å². The van der Waals surface area contributed by atoms with Gasteiger partial charge in [-0.1, -0.05) is 12.1 Å². The molecule has 7 nitrogen and oxygen atoms in total. The van der Waals surface area contributed by atoms with Gasteiger partial charge in [0.05, 0.1) is 30.2 Å². The Hall–Kier alpha value is -3.61. The molecule has 0 N–H and O–H groups in total. The van der Waals surface area contributed by atoms with Crippen LogP contribution >= 0.6 is 0 Å². The number of pyridine rings is 1. The molecule has 0 bridgehead atoms. The van der Waals surface area contributed by atoms with Gasteiger partial charge in [-0.15, -0.1) is 0 Å². The molecule has 0 atom stereocenters. The Morgan fingerprint density at radius 1 is 0.935 bits per heavy atom. The SMILES string of the molecule is CCn1c(=O)n(CC)c2cc(C(=O)Cn3c(=O)cc(C)c4cccc(OC)c43)ccc21. The van der Waals surface area contributed by atoms with Crippen LogP contribution in [0, 0.1) is 6.92 Å². The largest absolute Gasteiger partial charge is 0.495 e. The molecule has 0 saturated heterocycles. The molecule has 0 radical (unpaired) electrons. The fourth-order valence-corrected chi connectivity index (χ4v) is 4.23. The molecule has 160 valence electrons. The van der Waals surface area contributed by atoms with E-state index in [-0.39, 0.29) is 23.6 Å². The second kappa shape index (κ2) is 7.91. The number of aryl methyl sites for hydroxylation is 3. The van der Waals surface area contributed by atoms with Gasteiger partial charge in [0, 0.05) is 30.1 Å². The number of hydrogen-bond donors (Lipinski definition) is 0. The van der Waals surface area contributed by atoms with Crippen molar-refractivity contribution < 1.29 is 9.53 Å². The number of nitrogens with zero attached hydrogens (tertiary/aromatic N) is 3. The number of carbonyl (C=O) groups is 1. The van der Waals surface area contributed by atoms with Gasteiger partial charge in [-0.25, -0.2) is 4.79 Å². The van der Waals surface area contributed by atoms with Gasteiger partial charge < -0.3 is 4.74 Å².